The van der Waals surface area contributed by atoms with Crippen molar-refractivity contribution in [1.82, 2.24) is 15.2 Å². The summed E-state index contributed by atoms with van der Waals surface area (Å²) in [5.41, 5.74) is 0.544. The van der Waals surface area contributed by atoms with Crippen molar-refractivity contribution in [3.05, 3.63) is 23.9 Å². The second-order valence-corrected chi connectivity index (χ2v) is 4.42. The fraction of sp³-hybridized carbons (Fsp3) is 0.538. The third-order valence-corrected chi connectivity index (χ3v) is 3.39. The minimum atomic E-state index is 0.00880. The van der Waals surface area contributed by atoms with Gasteiger partial charge in [0.05, 0.1) is 7.11 Å². The number of amides is 1. The van der Waals surface area contributed by atoms with Crippen LogP contribution in [0.25, 0.3) is 0 Å². The van der Waals surface area contributed by atoms with Crippen molar-refractivity contribution in [2.24, 2.45) is 0 Å². The number of likely N-dealkylation sites (tertiary alicyclic amines) is 1. The van der Waals surface area contributed by atoms with E-state index >= 15 is 0 Å². The number of nitrogens with one attached hydrogen (secondary N) is 1. The van der Waals surface area contributed by atoms with Gasteiger partial charge in [-0.15, -0.1) is 0 Å². The van der Waals surface area contributed by atoms with Gasteiger partial charge in [-0.05, 0) is 32.0 Å². The number of hydrogen-bond acceptors (Lipinski definition) is 4. The normalized spacial score (nSPS) is 16.7. The zero-order chi connectivity index (χ0) is 13.0. The lowest BCUT2D eigenvalue weighted by Gasteiger charge is -2.32. The molecule has 0 aromatic carbocycles. The first kappa shape index (κ1) is 12.8. The summed E-state index contributed by atoms with van der Waals surface area (Å²) in [7, 11) is 3.50. The second-order valence-electron chi connectivity index (χ2n) is 4.42. The van der Waals surface area contributed by atoms with Gasteiger partial charge < -0.3 is 15.0 Å². The van der Waals surface area contributed by atoms with Crippen molar-refractivity contribution in [1.29, 1.82) is 0 Å². The summed E-state index contributed by atoms with van der Waals surface area (Å²) in [5.74, 6) is 0.410. The number of methoxy groups -OCH3 is 1. The molecule has 0 atom stereocenters. The molecule has 0 bridgehead atoms. The molecule has 18 heavy (non-hydrogen) atoms. The van der Waals surface area contributed by atoms with Crippen molar-refractivity contribution in [3.8, 4) is 5.88 Å². The molecule has 98 valence electrons. The summed E-state index contributed by atoms with van der Waals surface area (Å²) in [6.07, 6.45) is 3.61. The van der Waals surface area contributed by atoms with E-state index in [-0.39, 0.29) is 5.91 Å². The molecule has 1 N–H and O–H groups in total. The zero-order valence-electron chi connectivity index (χ0n) is 10.8. The summed E-state index contributed by atoms with van der Waals surface area (Å²) in [6, 6.07) is 4.04. The lowest BCUT2D eigenvalue weighted by atomic mass is 10.0. The quantitative estimate of drug-likeness (QED) is 0.865. The lowest BCUT2D eigenvalue weighted by molar-refractivity contribution is 0.0703. The first-order chi connectivity index (χ1) is 8.76. The number of aromatic nitrogens is 1. The Morgan fingerprint density at radius 3 is 2.83 bits per heavy atom. The Bertz CT molecular complexity index is 414. The van der Waals surface area contributed by atoms with Gasteiger partial charge in [0.1, 0.15) is 5.56 Å². The van der Waals surface area contributed by atoms with Gasteiger partial charge in [0.25, 0.3) is 5.91 Å². The van der Waals surface area contributed by atoms with Gasteiger partial charge in [0.15, 0.2) is 0 Å². The third-order valence-electron chi connectivity index (χ3n) is 3.39. The molecule has 1 amide bonds. The highest BCUT2D eigenvalue weighted by Gasteiger charge is 2.24. The van der Waals surface area contributed by atoms with Crippen LogP contribution < -0.4 is 10.1 Å². The van der Waals surface area contributed by atoms with Gasteiger partial charge in [-0.1, -0.05) is 0 Å². The van der Waals surface area contributed by atoms with Crippen LogP contribution in [0.5, 0.6) is 5.88 Å². The number of ether oxygens (including phenoxy) is 1. The zero-order valence-corrected chi connectivity index (χ0v) is 10.8. The van der Waals surface area contributed by atoms with Gasteiger partial charge in [-0.3, -0.25) is 4.79 Å². The van der Waals surface area contributed by atoms with Crippen LogP contribution >= 0.6 is 0 Å². The average Bonchev–Trinajstić information content (AvgIpc) is 2.46. The smallest absolute Gasteiger partial charge is 0.259 e. The SMILES string of the molecule is CNC1CCN(C(=O)c2cccnc2OC)CC1. The van der Waals surface area contributed by atoms with Crippen molar-refractivity contribution >= 4 is 5.91 Å². The van der Waals surface area contributed by atoms with E-state index in [0.717, 1.165) is 25.9 Å². The van der Waals surface area contributed by atoms with E-state index in [4.69, 9.17) is 4.74 Å². The Morgan fingerprint density at radius 1 is 1.50 bits per heavy atom. The minimum Gasteiger partial charge on any atom is -0.480 e. The lowest BCUT2D eigenvalue weighted by Crippen LogP contribution is -2.44. The molecule has 0 saturated carbocycles. The standard InChI is InChI=1S/C13H19N3O2/c1-14-10-5-8-16(9-6-10)13(17)11-4-3-7-15-12(11)18-2/h3-4,7,10,14H,5-6,8-9H2,1-2H3. The fourth-order valence-electron chi connectivity index (χ4n) is 2.26. The van der Waals surface area contributed by atoms with Crippen LogP contribution in [0, 0.1) is 0 Å². The molecule has 5 nitrogen and oxygen atoms in total. The molecule has 0 aliphatic carbocycles. The third kappa shape index (κ3) is 2.61. The van der Waals surface area contributed by atoms with E-state index in [1.54, 1.807) is 18.3 Å². The maximum Gasteiger partial charge on any atom is 0.259 e. The highest BCUT2D eigenvalue weighted by atomic mass is 16.5. The number of carbonyl (C=O) groups is 1. The van der Waals surface area contributed by atoms with Gasteiger partial charge in [-0.2, -0.15) is 0 Å². The highest BCUT2D eigenvalue weighted by Crippen LogP contribution is 2.19. The maximum absolute atomic E-state index is 12.4. The molecular weight excluding hydrogens is 230 g/mol. The van der Waals surface area contributed by atoms with Crippen LogP contribution in [-0.4, -0.2) is 49.1 Å². The van der Waals surface area contributed by atoms with Gasteiger partial charge in [-0.25, -0.2) is 4.98 Å². The van der Waals surface area contributed by atoms with Crippen LogP contribution in [0.3, 0.4) is 0 Å². The van der Waals surface area contributed by atoms with E-state index in [9.17, 15) is 4.79 Å². The van der Waals surface area contributed by atoms with Crippen molar-refractivity contribution in [2.75, 3.05) is 27.2 Å². The molecule has 0 spiro atoms. The van der Waals surface area contributed by atoms with E-state index < -0.39 is 0 Å². The summed E-state index contributed by atoms with van der Waals surface area (Å²) in [4.78, 5) is 18.3. The number of pyridine rings is 1. The number of rotatable bonds is 3. The molecule has 1 fully saturated rings. The molecule has 0 unspecified atom stereocenters. The van der Waals surface area contributed by atoms with E-state index in [1.807, 2.05) is 11.9 Å². The summed E-state index contributed by atoms with van der Waals surface area (Å²) >= 11 is 0. The Labute approximate surface area is 107 Å². The number of nitrogens with zero attached hydrogens (tertiary/aromatic N) is 2. The first-order valence-electron chi connectivity index (χ1n) is 6.21. The highest BCUT2D eigenvalue weighted by molar-refractivity contribution is 5.96. The first-order valence-corrected chi connectivity index (χ1v) is 6.21. The Morgan fingerprint density at radius 2 is 2.22 bits per heavy atom. The molecule has 1 saturated heterocycles. The van der Waals surface area contributed by atoms with Crippen LogP contribution in [0.4, 0.5) is 0 Å². The van der Waals surface area contributed by atoms with Crippen LogP contribution in [-0.2, 0) is 0 Å². The molecule has 0 radical (unpaired) electrons. The van der Waals surface area contributed by atoms with E-state index in [0.29, 0.717) is 17.5 Å². The predicted molar refractivity (Wildman–Crippen MR) is 68.8 cm³/mol. The van der Waals surface area contributed by atoms with Crippen molar-refractivity contribution < 1.29 is 9.53 Å². The second kappa shape index (κ2) is 5.82. The molecular formula is C13H19N3O2. The number of hydrogen-bond donors (Lipinski definition) is 1. The molecule has 1 aliphatic heterocycles. The maximum atomic E-state index is 12.4. The molecule has 1 aromatic rings. The predicted octanol–water partition coefficient (Wildman–Crippen LogP) is 0.914. The minimum absolute atomic E-state index is 0.00880. The Kier molecular flexibility index (Phi) is 4.15. The van der Waals surface area contributed by atoms with Gasteiger partial charge >= 0.3 is 0 Å². The molecule has 1 aromatic heterocycles. The average molecular weight is 249 g/mol. The summed E-state index contributed by atoms with van der Waals surface area (Å²) in [6.45, 7) is 1.56. The molecule has 5 heteroatoms. The largest absolute Gasteiger partial charge is 0.480 e. The van der Waals surface area contributed by atoms with Crippen LogP contribution in [0.1, 0.15) is 23.2 Å². The van der Waals surface area contributed by atoms with Crippen molar-refractivity contribution in [3.63, 3.8) is 0 Å². The van der Waals surface area contributed by atoms with Crippen molar-refractivity contribution in [2.45, 2.75) is 18.9 Å². The Balaban J connectivity index is 2.08. The molecule has 2 rings (SSSR count). The monoisotopic (exact) mass is 249 g/mol. The van der Waals surface area contributed by atoms with Crippen LogP contribution in [0.2, 0.25) is 0 Å². The van der Waals surface area contributed by atoms with E-state index in [2.05, 4.69) is 10.3 Å². The molecule has 1 aliphatic rings. The van der Waals surface area contributed by atoms with Crippen LogP contribution in [0.15, 0.2) is 18.3 Å². The molecule has 2 heterocycles. The number of carbonyl (C=O) groups excluding carboxylic acids is 1. The summed E-state index contributed by atoms with van der Waals surface area (Å²) in [5, 5.41) is 3.25. The fourth-order valence-corrected chi connectivity index (χ4v) is 2.26. The number of piperidine rings is 1. The van der Waals surface area contributed by atoms with Gasteiger partial charge in [0, 0.05) is 25.3 Å². The Hall–Kier alpha value is -1.62. The van der Waals surface area contributed by atoms with Gasteiger partial charge in [0.2, 0.25) is 5.88 Å². The summed E-state index contributed by atoms with van der Waals surface area (Å²) < 4.78 is 5.13. The topological polar surface area (TPSA) is 54.5 Å². The van der Waals surface area contributed by atoms with E-state index in [1.165, 1.54) is 7.11 Å².